The molecule has 0 saturated heterocycles. The van der Waals surface area contributed by atoms with E-state index in [-0.39, 0.29) is 0 Å². The zero-order chi connectivity index (χ0) is 29.6. The molecule has 7 heteroatoms. The number of hydrogen-bond donors (Lipinski definition) is 0. The third-order valence-electron chi connectivity index (χ3n) is 7.83. The summed E-state index contributed by atoms with van der Waals surface area (Å²) < 4.78 is 6.17. The fraction of sp³-hybridized carbons (Fsp3) is 0.250. The van der Waals surface area contributed by atoms with Gasteiger partial charge in [0.25, 0.3) is 7.12 Å². The van der Waals surface area contributed by atoms with Crippen LogP contribution in [0.1, 0.15) is 56.7 Å². The zero-order valence-electron chi connectivity index (χ0n) is 25.4. The van der Waals surface area contributed by atoms with Crippen molar-refractivity contribution in [1.82, 2.24) is 29.1 Å². The molecule has 0 aliphatic carbocycles. The van der Waals surface area contributed by atoms with E-state index in [1.165, 1.54) is 16.7 Å². The van der Waals surface area contributed by atoms with Crippen molar-refractivity contribution in [2.24, 2.45) is 0 Å². The molecule has 3 heterocycles. The average Bonchev–Trinajstić information content (AvgIpc) is 3.77. The van der Waals surface area contributed by atoms with E-state index in [9.17, 15) is 0 Å². The van der Waals surface area contributed by atoms with E-state index in [4.69, 9.17) is 15.3 Å². The lowest BCUT2D eigenvalue weighted by Crippen LogP contribution is -2.43. The molecule has 0 saturated carbocycles. The molecule has 0 N–H and O–H groups in total. The molecule has 6 rings (SSSR count). The normalized spacial score (nSPS) is 11.4. The predicted molar refractivity (Wildman–Crippen MR) is 177 cm³/mol. The van der Waals surface area contributed by atoms with Crippen LogP contribution in [-0.2, 0) is 19.3 Å². The van der Waals surface area contributed by atoms with Crippen LogP contribution in [0.15, 0.2) is 110 Å². The van der Waals surface area contributed by atoms with Crippen molar-refractivity contribution in [3.8, 4) is 33.8 Å². The highest BCUT2D eigenvalue weighted by molar-refractivity contribution is 6.52. The zero-order valence-corrected chi connectivity index (χ0v) is 25.4. The Morgan fingerprint density at radius 1 is 0.442 bits per heavy atom. The topological polar surface area (TPSA) is 53.5 Å². The maximum absolute atomic E-state index is 5.26. The Labute approximate surface area is 255 Å². The maximum Gasteiger partial charge on any atom is 0.260 e. The van der Waals surface area contributed by atoms with Gasteiger partial charge in [-0.15, -0.1) is 0 Å². The first-order chi connectivity index (χ1) is 21.2. The molecule has 0 atom stereocenters. The third-order valence-corrected chi connectivity index (χ3v) is 7.83. The Morgan fingerprint density at radius 2 is 0.721 bits per heavy atom. The van der Waals surface area contributed by atoms with Gasteiger partial charge in [0.2, 0.25) is 0 Å². The van der Waals surface area contributed by atoms with Gasteiger partial charge in [-0.25, -0.2) is 15.3 Å². The highest BCUT2D eigenvalue weighted by atomic mass is 15.4. The maximum atomic E-state index is 5.26. The second kappa shape index (κ2) is 13.1. The van der Waals surface area contributed by atoms with Gasteiger partial charge in [-0.05, 0) is 54.5 Å². The van der Waals surface area contributed by atoms with Gasteiger partial charge in [-0.2, -0.15) is 0 Å². The summed E-state index contributed by atoms with van der Waals surface area (Å²) in [5, 5.41) is 15.8. The summed E-state index contributed by atoms with van der Waals surface area (Å²) >= 11 is 0. The van der Waals surface area contributed by atoms with Crippen LogP contribution in [0.25, 0.3) is 33.8 Å². The minimum Gasteiger partial charge on any atom is -0.424 e. The Bertz CT molecular complexity index is 1540. The Hall–Kier alpha value is -4.65. The summed E-state index contributed by atoms with van der Waals surface area (Å²) in [4.78, 5) is 0. The lowest BCUT2D eigenvalue weighted by Gasteiger charge is -2.29. The highest BCUT2D eigenvalue weighted by Gasteiger charge is 2.20. The van der Waals surface area contributed by atoms with Gasteiger partial charge in [0.05, 0.1) is 17.1 Å². The van der Waals surface area contributed by atoms with E-state index in [1.807, 2.05) is 0 Å². The Kier molecular flexibility index (Phi) is 8.68. The summed E-state index contributed by atoms with van der Waals surface area (Å²) in [5.41, 5.74) is 10.1. The Morgan fingerprint density at radius 3 is 0.977 bits per heavy atom. The highest BCUT2D eigenvalue weighted by Crippen LogP contribution is 2.28. The predicted octanol–water partition coefficient (Wildman–Crippen LogP) is 8.06. The molecule has 6 nitrogen and oxygen atoms in total. The van der Waals surface area contributed by atoms with E-state index in [0.717, 1.165) is 72.3 Å². The van der Waals surface area contributed by atoms with Crippen molar-refractivity contribution >= 4 is 7.12 Å². The summed E-state index contributed by atoms with van der Waals surface area (Å²) in [7, 11) is -0.408. The number of benzene rings is 3. The third kappa shape index (κ3) is 5.98. The first kappa shape index (κ1) is 28.5. The summed E-state index contributed by atoms with van der Waals surface area (Å²) in [6.07, 6.45) is 12.5. The molecule has 0 fully saturated rings. The van der Waals surface area contributed by atoms with E-state index in [0.29, 0.717) is 0 Å². The van der Waals surface area contributed by atoms with E-state index in [1.54, 1.807) is 0 Å². The molecular weight excluding hydrogens is 527 g/mol. The standard InChI is InChI=1S/C36H39BN6/c1-4-16-31-25-41(38-34(31)28-19-10-7-11-20-28)37(42-26-32(17-5-2)35(39-42)29-21-12-8-13-22-29)43-27-33(18-6-3)36(40-43)30-23-14-9-15-24-30/h7-15,19-27H,4-6,16-18H2,1-3H3/q-1. The van der Waals surface area contributed by atoms with Crippen LogP contribution in [0.3, 0.4) is 0 Å². The van der Waals surface area contributed by atoms with Gasteiger partial charge >= 0.3 is 0 Å². The fourth-order valence-electron chi connectivity index (χ4n) is 5.88. The van der Waals surface area contributed by atoms with Crippen LogP contribution < -0.4 is 0 Å². The van der Waals surface area contributed by atoms with Crippen LogP contribution >= 0.6 is 0 Å². The first-order valence-electron chi connectivity index (χ1n) is 15.6. The van der Waals surface area contributed by atoms with Crippen LogP contribution in [-0.4, -0.2) is 36.2 Å². The SMILES string of the molecule is CCCc1cn([B-](n2cc(CCC)c(-c3ccccc3)n2)n2cc(CCC)c(-c3ccccc3)n2)nc1-c1ccccc1. The van der Waals surface area contributed by atoms with Gasteiger partial charge in [-0.1, -0.05) is 131 Å². The molecule has 0 bridgehead atoms. The first-order valence-corrected chi connectivity index (χ1v) is 15.6. The fourth-order valence-corrected chi connectivity index (χ4v) is 5.88. The molecule has 43 heavy (non-hydrogen) atoms. The largest absolute Gasteiger partial charge is 0.424 e. The summed E-state index contributed by atoms with van der Waals surface area (Å²) in [6, 6.07) is 31.5. The number of rotatable bonds is 12. The van der Waals surface area contributed by atoms with E-state index < -0.39 is 7.12 Å². The van der Waals surface area contributed by atoms with Crippen molar-refractivity contribution < 1.29 is 0 Å². The number of aryl methyl sites for hydroxylation is 3. The molecule has 3 aromatic carbocycles. The van der Waals surface area contributed by atoms with E-state index >= 15 is 0 Å². The lowest BCUT2D eigenvalue weighted by atomic mass is 9.95. The number of aromatic nitrogens is 6. The number of hydrogen-bond acceptors (Lipinski definition) is 3. The quantitative estimate of drug-likeness (QED) is 0.141. The summed E-state index contributed by atoms with van der Waals surface area (Å²) in [5.74, 6) is 0. The van der Waals surface area contributed by atoms with Crippen LogP contribution in [0.4, 0.5) is 0 Å². The summed E-state index contributed by atoms with van der Waals surface area (Å²) in [6.45, 7) is 6.66. The van der Waals surface area contributed by atoms with Crippen molar-refractivity contribution in [2.45, 2.75) is 59.3 Å². The second-order valence-electron chi connectivity index (χ2n) is 11.1. The van der Waals surface area contributed by atoms with Gasteiger partial charge < -0.3 is 13.8 Å². The lowest BCUT2D eigenvalue weighted by molar-refractivity contribution is 0.773. The molecule has 0 spiro atoms. The van der Waals surface area contributed by atoms with Crippen molar-refractivity contribution in [1.29, 1.82) is 0 Å². The molecule has 0 aliphatic heterocycles. The molecule has 0 amide bonds. The smallest absolute Gasteiger partial charge is 0.260 e. The van der Waals surface area contributed by atoms with Crippen molar-refractivity contribution in [3.05, 3.63) is 126 Å². The Balaban J connectivity index is 1.56. The molecule has 0 aliphatic rings. The molecule has 217 valence electrons. The van der Waals surface area contributed by atoms with Gasteiger partial charge in [0, 0.05) is 16.7 Å². The van der Waals surface area contributed by atoms with Crippen LogP contribution in [0.5, 0.6) is 0 Å². The monoisotopic (exact) mass is 566 g/mol. The molecular formula is C36H39BN6-. The molecule has 3 aromatic heterocycles. The molecule has 6 aromatic rings. The molecule has 0 unspecified atom stereocenters. The van der Waals surface area contributed by atoms with Crippen molar-refractivity contribution in [3.63, 3.8) is 0 Å². The number of nitrogens with zero attached hydrogens (tertiary/aromatic N) is 6. The van der Waals surface area contributed by atoms with Crippen molar-refractivity contribution in [2.75, 3.05) is 0 Å². The van der Waals surface area contributed by atoms with Gasteiger partial charge in [-0.3, -0.25) is 0 Å². The van der Waals surface area contributed by atoms with E-state index in [2.05, 4.69) is 144 Å². The van der Waals surface area contributed by atoms with Crippen LogP contribution in [0, 0.1) is 0 Å². The minimum atomic E-state index is -0.408. The average molecular weight is 567 g/mol. The van der Waals surface area contributed by atoms with Gasteiger partial charge in [0.1, 0.15) is 0 Å². The van der Waals surface area contributed by atoms with Crippen LogP contribution in [0.2, 0.25) is 0 Å². The second-order valence-corrected chi connectivity index (χ2v) is 11.1. The molecule has 1 radical (unpaired) electrons. The minimum absolute atomic E-state index is 0.408. The van der Waals surface area contributed by atoms with Gasteiger partial charge in [0.15, 0.2) is 0 Å².